The third-order valence-electron chi connectivity index (χ3n) is 15.5. The molecule has 2 aromatic rings. The Morgan fingerprint density at radius 1 is 1.01 bits per heavy atom. The van der Waals surface area contributed by atoms with Crippen molar-refractivity contribution in [2.24, 2.45) is 16.9 Å². The van der Waals surface area contributed by atoms with Gasteiger partial charge in [0.15, 0.2) is 5.72 Å². The summed E-state index contributed by atoms with van der Waals surface area (Å²) in [5.74, 6) is -3.96. The molecule has 1 aliphatic carbocycles. The Hall–Kier alpha value is -6.24. The summed E-state index contributed by atoms with van der Waals surface area (Å²) in [6, 6.07) is 8.02. The van der Waals surface area contributed by atoms with Gasteiger partial charge in [0.1, 0.15) is 35.1 Å². The number of nitrogens with zero attached hydrogens (tertiary/aromatic N) is 4. The summed E-state index contributed by atoms with van der Waals surface area (Å²) in [5.41, 5.74) is 6.04. The van der Waals surface area contributed by atoms with E-state index in [0.29, 0.717) is 67.9 Å². The van der Waals surface area contributed by atoms with Crippen LogP contribution in [0.15, 0.2) is 71.4 Å². The molecule has 0 unspecified atom stereocenters. The lowest BCUT2D eigenvalue weighted by molar-refractivity contribution is -0.167. The van der Waals surface area contributed by atoms with Gasteiger partial charge in [-0.05, 0) is 102 Å². The third kappa shape index (κ3) is 17.9. The predicted octanol–water partition coefficient (Wildman–Crippen LogP) is 7.57. The van der Waals surface area contributed by atoms with Crippen LogP contribution in [0.2, 0.25) is 5.02 Å². The van der Waals surface area contributed by atoms with Gasteiger partial charge in [-0.3, -0.25) is 39.0 Å². The second-order valence-electron chi connectivity index (χ2n) is 22.5. The topological polar surface area (TPSA) is 272 Å². The van der Waals surface area contributed by atoms with E-state index in [1.165, 1.54) is 83.7 Å². The SMILES string of the molecule is COc1cc2cc(c1Cl)N(C)C(=O)C[C@H](OC(=O)[C@H](C)N(C)C(=O)CCSSC(C)(C)CC(=O)N/N=C1/CCCc3cc(NC(=O)CCCCCN4C(=O)C=CC4=O)ccc31)[C@@H](C)[C@@H](O)[C@H](C)[C@@H]1C[C@@](O)(NC(=O)O1)[C@H](OC)/C=C/C=C(\C)C2. The first-order chi connectivity index (χ1) is 39.7. The second kappa shape index (κ2) is 30.2. The van der Waals surface area contributed by atoms with E-state index >= 15 is 0 Å². The lowest BCUT2D eigenvalue weighted by Gasteiger charge is -2.43. The number of rotatable bonds is 20. The van der Waals surface area contributed by atoms with E-state index in [1.54, 1.807) is 38.1 Å². The zero-order valence-electron chi connectivity index (χ0n) is 49.5. The van der Waals surface area contributed by atoms with Crippen LogP contribution in [0.3, 0.4) is 0 Å². The predicted molar refractivity (Wildman–Crippen MR) is 323 cm³/mol. The smallest absolute Gasteiger partial charge is 0.409 e. The number of unbranched alkanes of at least 4 members (excludes halogenated alkanes) is 2. The molecule has 0 radical (unpaired) electrons. The van der Waals surface area contributed by atoms with Crippen molar-refractivity contribution in [2.75, 3.05) is 50.8 Å². The fourth-order valence-corrected chi connectivity index (χ4v) is 13.2. The average molecular weight is 1220 g/mol. The summed E-state index contributed by atoms with van der Waals surface area (Å²) >= 11 is 6.82. The van der Waals surface area contributed by atoms with Crippen LogP contribution in [-0.4, -0.2) is 155 Å². The number of likely N-dealkylation sites (N-methyl/N-ethyl adjacent to an activating group) is 1. The number of fused-ring (bicyclic) bond motifs is 5. The number of hydrazone groups is 1. The monoisotopic (exact) mass is 1220 g/mol. The van der Waals surface area contributed by atoms with Gasteiger partial charge in [0.25, 0.3) is 11.8 Å². The number of aliphatic hydroxyl groups excluding tert-OH is 1. The molecule has 4 aliphatic rings. The number of halogens is 1. The largest absolute Gasteiger partial charge is 0.495 e. The fraction of sp³-hybridized carbons (Fsp3) is 0.550. The van der Waals surface area contributed by atoms with Crippen LogP contribution in [0.1, 0.15) is 122 Å². The number of ether oxygens (including phenoxy) is 4. The van der Waals surface area contributed by atoms with Crippen molar-refractivity contribution in [2.45, 2.75) is 160 Å². The van der Waals surface area contributed by atoms with Crippen LogP contribution in [-0.2, 0) is 60.6 Å². The van der Waals surface area contributed by atoms with Crippen LogP contribution in [0.5, 0.6) is 5.75 Å². The number of imide groups is 1. The number of carbonyl (C=O) groups is 8. The highest BCUT2D eigenvalue weighted by molar-refractivity contribution is 8.77. The molecule has 7 amide bonds. The Bertz CT molecular complexity index is 2900. The number of benzene rings is 2. The number of anilines is 2. The molecule has 3 heterocycles. The highest BCUT2D eigenvalue weighted by atomic mass is 35.5. The van der Waals surface area contributed by atoms with Gasteiger partial charge in [0, 0.05) is 99.2 Å². The third-order valence-corrected chi connectivity index (χ3v) is 19.2. The molecule has 6 rings (SSSR count). The molecule has 21 nitrogen and oxygen atoms in total. The van der Waals surface area contributed by atoms with Crippen molar-refractivity contribution in [3.63, 3.8) is 0 Å². The van der Waals surface area contributed by atoms with Gasteiger partial charge in [-0.25, -0.2) is 15.0 Å². The lowest BCUT2D eigenvalue weighted by atomic mass is 9.81. The minimum absolute atomic E-state index is 0.0385. The Kier molecular flexibility index (Phi) is 24.1. The molecule has 8 atom stereocenters. The van der Waals surface area contributed by atoms with E-state index in [9.17, 15) is 48.6 Å². The van der Waals surface area contributed by atoms with Crippen LogP contribution in [0, 0.1) is 11.8 Å². The quantitative estimate of drug-likeness (QED) is 0.0281. The number of hydrogen-bond donors (Lipinski definition) is 5. The van der Waals surface area contributed by atoms with Gasteiger partial charge in [0.05, 0.1) is 31.0 Å². The number of hydrogen-bond acceptors (Lipinski definition) is 17. The molecular weight excluding hydrogens is 1140 g/mol. The molecule has 2 aromatic carbocycles. The Morgan fingerprint density at radius 2 is 1.74 bits per heavy atom. The summed E-state index contributed by atoms with van der Waals surface area (Å²) < 4.78 is 22.4. The molecule has 0 aromatic heterocycles. The van der Waals surface area contributed by atoms with E-state index in [4.69, 9.17) is 30.5 Å². The summed E-state index contributed by atoms with van der Waals surface area (Å²) in [5, 5.41) is 33.9. The first-order valence-corrected chi connectivity index (χ1v) is 30.9. The summed E-state index contributed by atoms with van der Waals surface area (Å²) in [4.78, 5) is 108. The minimum Gasteiger partial charge on any atom is -0.495 e. The van der Waals surface area contributed by atoms with Gasteiger partial charge in [-0.1, -0.05) is 83.3 Å². The summed E-state index contributed by atoms with van der Waals surface area (Å²) in [7, 11) is 8.69. The molecule has 5 N–H and O–H groups in total. The molecule has 0 spiro atoms. The van der Waals surface area contributed by atoms with Crippen molar-refractivity contribution in [1.29, 1.82) is 0 Å². The van der Waals surface area contributed by atoms with Gasteiger partial charge < -0.3 is 44.3 Å². The van der Waals surface area contributed by atoms with Crippen molar-refractivity contribution in [3.8, 4) is 5.75 Å². The van der Waals surface area contributed by atoms with Gasteiger partial charge >= 0.3 is 12.1 Å². The van der Waals surface area contributed by atoms with E-state index in [0.717, 1.165) is 40.8 Å². The fourth-order valence-electron chi connectivity index (χ4n) is 10.4. The zero-order valence-corrected chi connectivity index (χ0v) is 51.9. The number of esters is 1. The van der Waals surface area contributed by atoms with Gasteiger partial charge in [0.2, 0.25) is 23.6 Å². The maximum absolute atomic E-state index is 14.3. The number of aryl methyl sites for hydroxylation is 1. The molecule has 1 saturated heterocycles. The van der Waals surface area contributed by atoms with E-state index in [-0.39, 0.29) is 53.8 Å². The standard InChI is InChI=1S/C60H80ClN7O14S2/c1-35-16-14-19-48(80-10)60(78)33-47(82-58(77)63-60)37(3)56(75)36(2)45(32-54(74)67(8)44-29-39(28-35)30-46(79-9)55(44)61)81-57(76)38(4)66(7)51(71)25-27-83-84-59(5,6)34-50(70)65-64-43-18-15-17-40-31-41(21-22-42(40)43)62-49(69)20-12-11-13-26-68-52(72)23-24-53(68)73/h14,16,19,21-24,29-31,36-38,45,47-48,56,75,78H,11-13,15,17-18,20,25-28,32-34H2,1-10H3,(H,62,69)(H,63,77)(H,65,70)/b19-14+,35-16+,64-43-/t36-,37-,38+,45+,47+,48-,56-,60+/m1/s1. The van der Waals surface area contributed by atoms with Gasteiger partial charge in [-0.15, -0.1) is 0 Å². The number of allylic oxidation sites excluding steroid dienone is 3. The number of nitrogens with one attached hydrogen (secondary N) is 3. The molecule has 0 saturated carbocycles. The molecule has 1 fully saturated rings. The molecule has 84 heavy (non-hydrogen) atoms. The molecule has 24 heteroatoms. The van der Waals surface area contributed by atoms with Crippen LogP contribution in [0.25, 0.3) is 0 Å². The first kappa shape index (κ1) is 66.9. The summed E-state index contributed by atoms with van der Waals surface area (Å²) in [6.45, 7) is 10.8. The first-order valence-electron chi connectivity index (χ1n) is 28.2. The maximum Gasteiger partial charge on any atom is 0.409 e. The second-order valence-corrected chi connectivity index (χ2v) is 26.0. The number of carbonyl (C=O) groups excluding carboxylic acids is 8. The molecular formula is C60H80ClN7O14S2. The Morgan fingerprint density at radius 3 is 2.44 bits per heavy atom. The molecule has 4 bridgehead atoms. The van der Waals surface area contributed by atoms with Crippen molar-refractivity contribution in [3.05, 3.63) is 88.0 Å². The van der Waals surface area contributed by atoms with E-state index in [1.807, 2.05) is 45.0 Å². The maximum atomic E-state index is 14.3. The number of alkyl carbamates (subject to hydrolysis) is 1. The normalized spacial score (nSPS) is 25.0. The number of amides is 7. The van der Waals surface area contributed by atoms with Crippen molar-refractivity contribution >= 4 is 97.8 Å². The van der Waals surface area contributed by atoms with Crippen molar-refractivity contribution in [1.82, 2.24) is 20.5 Å². The highest BCUT2D eigenvalue weighted by Gasteiger charge is 2.49. The highest BCUT2D eigenvalue weighted by Crippen LogP contribution is 2.40. The average Bonchev–Trinajstić information content (AvgIpc) is 3.83. The number of aliphatic hydroxyl groups is 2. The minimum atomic E-state index is -1.95. The van der Waals surface area contributed by atoms with Gasteiger partial charge in [-0.2, -0.15) is 5.10 Å². The molecule has 458 valence electrons. The zero-order chi connectivity index (χ0) is 61.6. The Labute approximate surface area is 504 Å². The van der Waals surface area contributed by atoms with E-state index in [2.05, 4.69) is 21.2 Å². The van der Waals surface area contributed by atoms with Crippen LogP contribution >= 0.6 is 33.2 Å². The van der Waals surface area contributed by atoms with Crippen molar-refractivity contribution < 1.29 is 67.5 Å². The summed E-state index contributed by atoms with van der Waals surface area (Å²) in [6.07, 6.45) is 6.38. The van der Waals surface area contributed by atoms with Crippen LogP contribution < -0.4 is 25.7 Å². The van der Waals surface area contributed by atoms with Crippen LogP contribution in [0.4, 0.5) is 16.2 Å². The lowest BCUT2D eigenvalue weighted by Crippen LogP contribution is -2.64. The number of methoxy groups -OCH3 is 2. The van der Waals surface area contributed by atoms with E-state index < -0.39 is 77.2 Å². The molecule has 3 aliphatic heterocycles. The Balaban J connectivity index is 1.02.